The van der Waals surface area contributed by atoms with E-state index in [-0.39, 0.29) is 17.8 Å². The molecule has 1 aliphatic rings. The third kappa shape index (κ3) is 6.21. The van der Waals surface area contributed by atoms with E-state index in [2.05, 4.69) is 30.9 Å². The first kappa shape index (κ1) is 16.9. The van der Waals surface area contributed by atoms with Gasteiger partial charge in [-0.2, -0.15) is 0 Å². The zero-order chi connectivity index (χ0) is 14.3. The maximum atomic E-state index is 12.0. The summed E-state index contributed by atoms with van der Waals surface area (Å²) in [5.74, 6) is 0.194. The van der Waals surface area contributed by atoms with Crippen molar-refractivity contribution < 1.29 is 8.42 Å². The predicted molar refractivity (Wildman–Crippen MR) is 79.3 cm³/mol. The van der Waals surface area contributed by atoms with Crippen LogP contribution in [0.2, 0.25) is 0 Å². The molecule has 0 aliphatic carbocycles. The fourth-order valence-corrected chi connectivity index (χ4v) is 3.79. The van der Waals surface area contributed by atoms with Gasteiger partial charge in [0.2, 0.25) is 10.0 Å². The van der Waals surface area contributed by atoms with Gasteiger partial charge in [-0.3, -0.25) is 0 Å². The maximum Gasteiger partial charge on any atom is 0.224 e. The Bertz CT molecular complexity index is 336. The normalized spacial score (nSPS) is 25.6. The van der Waals surface area contributed by atoms with Crippen LogP contribution in [0.15, 0.2) is 0 Å². The Kier molecular flexibility index (Phi) is 7.28. The first-order valence-corrected chi connectivity index (χ1v) is 9.10. The largest absolute Gasteiger partial charge is 0.317 e. The van der Waals surface area contributed by atoms with Crippen LogP contribution in [0.5, 0.6) is 0 Å². The number of piperidine rings is 1. The van der Waals surface area contributed by atoms with E-state index >= 15 is 0 Å². The second-order valence-corrected chi connectivity index (χ2v) is 7.37. The van der Waals surface area contributed by atoms with E-state index in [4.69, 9.17) is 0 Å². The summed E-state index contributed by atoms with van der Waals surface area (Å²) in [5, 5.41) is 5.14. The van der Waals surface area contributed by atoms with Crippen LogP contribution in [0.1, 0.15) is 52.9 Å². The molecule has 2 N–H and O–H groups in total. The summed E-state index contributed by atoms with van der Waals surface area (Å²) in [6.45, 7) is 7.99. The summed E-state index contributed by atoms with van der Waals surface area (Å²) < 4.78 is 24.1. The van der Waals surface area contributed by atoms with Gasteiger partial charge in [-0.15, -0.1) is 4.83 Å². The summed E-state index contributed by atoms with van der Waals surface area (Å²) >= 11 is 0. The molecular formula is C13H29N3O2S. The molecule has 1 heterocycles. The number of nitrogens with one attached hydrogen (secondary N) is 2. The van der Waals surface area contributed by atoms with Crippen molar-refractivity contribution in [3.8, 4) is 0 Å². The molecule has 5 nitrogen and oxygen atoms in total. The van der Waals surface area contributed by atoms with Crippen molar-refractivity contribution in [1.29, 1.82) is 0 Å². The van der Waals surface area contributed by atoms with Crippen molar-refractivity contribution in [2.24, 2.45) is 0 Å². The van der Waals surface area contributed by atoms with Crippen molar-refractivity contribution in [2.75, 3.05) is 18.8 Å². The van der Waals surface area contributed by atoms with Gasteiger partial charge < -0.3 is 5.32 Å². The lowest BCUT2D eigenvalue weighted by atomic mass is 10.0. The quantitative estimate of drug-likeness (QED) is 0.665. The lowest BCUT2D eigenvalue weighted by molar-refractivity contribution is 0.0790. The van der Waals surface area contributed by atoms with Crippen LogP contribution < -0.4 is 10.1 Å². The fraction of sp³-hybridized carbons (Fsp3) is 1.00. The molecule has 0 amide bonds. The van der Waals surface area contributed by atoms with E-state index in [1.165, 1.54) is 6.42 Å². The molecule has 6 heteroatoms. The minimum Gasteiger partial charge on any atom is -0.317 e. The van der Waals surface area contributed by atoms with Gasteiger partial charge in [0.05, 0.1) is 5.75 Å². The molecule has 0 spiro atoms. The Morgan fingerprint density at radius 1 is 1.16 bits per heavy atom. The molecule has 0 radical (unpaired) electrons. The number of hydrogen-bond acceptors (Lipinski definition) is 4. The summed E-state index contributed by atoms with van der Waals surface area (Å²) in [4.78, 5) is 2.76. The molecule has 1 aliphatic heterocycles. The highest BCUT2D eigenvalue weighted by atomic mass is 32.2. The van der Waals surface area contributed by atoms with Gasteiger partial charge in [0.25, 0.3) is 0 Å². The van der Waals surface area contributed by atoms with Gasteiger partial charge in [0.1, 0.15) is 0 Å². The number of hydrogen-bond donors (Lipinski definition) is 2. The molecule has 114 valence electrons. The highest BCUT2D eigenvalue weighted by molar-refractivity contribution is 7.89. The van der Waals surface area contributed by atoms with E-state index < -0.39 is 10.0 Å². The standard InChI is InChI=1S/C13H29N3O2S/c1-4-9-14-10-6-11-19(17,18)15-16-12(2)7-5-8-13(16)3/h12-15H,4-11H2,1-3H3. The first-order valence-electron chi connectivity index (χ1n) is 7.45. The summed E-state index contributed by atoms with van der Waals surface area (Å²) in [5.41, 5.74) is 0. The molecular weight excluding hydrogens is 262 g/mol. The number of rotatable bonds is 8. The number of nitrogens with zero attached hydrogens (tertiary/aromatic N) is 1. The van der Waals surface area contributed by atoms with Crippen molar-refractivity contribution in [3.63, 3.8) is 0 Å². The van der Waals surface area contributed by atoms with Crippen LogP contribution in [-0.4, -0.2) is 44.4 Å². The second kappa shape index (κ2) is 8.19. The van der Waals surface area contributed by atoms with Gasteiger partial charge in [-0.05, 0) is 52.6 Å². The van der Waals surface area contributed by atoms with Crippen LogP contribution in [0.25, 0.3) is 0 Å². The van der Waals surface area contributed by atoms with Crippen molar-refractivity contribution in [2.45, 2.75) is 65.0 Å². The van der Waals surface area contributed by atoms with Crippen LogP contribution in [0.4, 0.5) is 0 Å². The Morgan fingerprint density at radius 3 is 2.37 bits per heavy atom. The van der Waals surface area contributed by atoms with Crippen LogP contribution in [0, 0.1) is 0 Å². The molecule has 0 aromatic rings. The molecule has 19 heavy (non-hydrogen) atoms. The minimum atomic E-state index is -3.20. The van der Waals surface area contributed by atoms with Crippen molar-refractivity contribution in [1.82, 2.24) is 15.2 Å². The molecule has 0 bridgehead atoms. The monoisotopic (exact) mass is 291 g/mol. The average Bonchev–Trinajstić information content (AvgIpc) is 2.34. The fourth-order valence-electron chi connectivity index (χ4n) is 2.50. The number of sulfonamides is 1. The Hall–Kier alpha value is -0.170. The van der Waals surface area contributed by atoms with Crippen LogP contribution in [0.3, 0.4) is 0 Å². The van der Waals surface area contributed by atoms with E-state index in [9.17, 15) is 8.42 Å². The maximum absolute atomic E-state index is 12.0. The Morgan fingerprint density at radius 2 is 1.79 bits per heavy atom. The lowest BCUT2D eigenvalue weighted by Gasteiger charge is -2.38. The third-order valence-electron chi connectivity index (χ3n) is 3.63. The highest BCUT2D eigenvalue weighted by Gasteiger charge is 2.27. The molecule has 0 aromatic heterocycles. The van der Waals surface area contributed by atoms with E-state index in [0.717, 1.165) is 32.4 Å². The van der Waals surface area contributed by atoms with Gasteiger partial charge >= 0.3 is 0 Å². The summed E-state index contributed by atoms with van der Waals surface area (Å²) in [7, 11) is -3.20. The molecule has 2 atom stereocenters. The Balaban J connectivity index is 2.36. The smallest absolute Gasteiger partial charge is 0.224 e. The molecule has 1 fully saturated rings. The molecule has 2 unspecified atom stereocenters. The summed E-state index contributed by atoms with van der Waals surface area (Å²) in [6.07, 6.45) is 5.04. The lowest BCUT2D eigenvalue weighted by Crippen LogP contribution is -2.54. The molecule has 0 aromatic carbocycles. The molecule has 1 rings (SSSR count). The second-order valence-electron chi connectivity index (χ2n) is 5.55. The van der Waals surface area contributed by atoms with Crippen molar-refractivity contribution >= 4 is 10.0 Å². The van der Waals surface area contributed by atoms with Crippen LogP contribution in [-0.2, 0) is 10.0 Å². The van der Waals surface area contributed by atoms with E-state index in [1.807, 2.05) is 5.01 Å². The van der Waals surface area contributed by atoms with E-state index in [1.54, 1.807) is 0 Å². The van der Waals surface area contributed by atoms with Gasteiger partial charge in [0, 0.05) is 12.1 Å². The van der Waals surface area contributed by atoms with E-state index in [0.29, 0.717) is 6.42 Å². The van der Waals surface area contributed by atoms with Crippen molar-refractivity contribution in [3.05, 3.63) is 0 Å². The zero-order valence-corrected chi connectivity index (χ0v) is 13.3. The van der Waals surface area contributed by atoms with Gasteiger partial charge in [0.15, 0.2) is 0 Å². The SMILES string of the molecule is CCCNCCCS(=O)(=O)NN1C(C)CCCC1C. The highest BCUT2D eigenvalue weighted by Crippen LogP contribution is 2.20. The van der Waals surface area contributed by atoms with Crippen LogP contribution >= 0.6 is 0 Å². The first-order chi connectivity index (χ1) is 8.96. The summed E-state index contributed by atoms with van der Waals surface area (Å²) in [6, 6.07) is 0.577. The van der Waals surface area contributed by atoms with Gasteiger partial charge in [-0.1, -0.05) is 13.3 Å². The zero-order valence-electron chi connectivity index (χ0n) is 12.5. The number of hydrazine groups is 1. The minimum absolute atomic E-state index is 0.194. The predicted octanol–water partition coefficient (Wildman–Crippen LogP) is 1.47. The third-order valence-corrected chi connectivity index (χ3v) is 4.95. The van der Waals surface area contributed by atoms with Gasteiger partial charge in [-0.25, -0.2) is 13.4 Å². The topological polar surface area (TPSA) is 61.4 Å². The Labute approximate surface area is 118 Å². The molecule has 1 saturated heterocycles. The average molecular weight is 291 g/mol. The molecule has 0 saturated carbocycles.